The van der Waals surface area contributed by atoms with E-state index in [1.165, 1.54) is 6.08 Å². The second kappa shape index (κ2) is 10.8. The molecule has 8 heteroatoms. The van der Waals surface area contributed by atoms with E-state index in [1.807, 2.05) is 32.0 Å². The number of anilines is 1. The highest BCUT2D eigenvalue weighted by Gasteiger charge is 2.74. The number of fused-ring (bicyclic) bond motifs is 1. The molecule has 0 aromatic heterocycles. The van der Waals surface area contributed by atoms with Gasteiger partial charge in [-0.15, -0.1) is 18.3 Å². The quantitative estimate of drug-likeness (QED) is 0.278. The van der Waals surface area contributed by atoms with E-state index in [0.29, 0.717) is 32.4 Å². The second-order valence-corrected chi connectivity index (χ2v) is 11.6. The fourth-order valence-electron chi connectivity index (χ4n) is 6.17. The zero-order valence-corrected chi connectivity index (χ0v) is 22.0. The molecular formula is C28H36N2O5S. The molecular weight excluding hydrogens is 476 g/mol. The van der Waals surface area contributed by atoms with Gasteiger partial charge < -0.3 is 19.6 Å². The van der Waals surface area contributed by atoms with Gasteiger partial charge in [-0.2, -0.15) is 0 Å². The van der Waals surface area contributed by atoms with Crippen LogP contribution in [0.5, 0.6) is 0 Å². The maximum atomic E-state index is 14.5. The molecule has 194 valence electrons. The fourth-order valence-corrected chi connectivity index (χ4v) is 8.37. The summed E-state index contributed by atoms with van der Waals surface area (Å²) in [6.07, 6.45) is 5.81. The number of unbranched alkanes of at least 4 members (excludes halogenated alkanes) is 1. The summed E-state index contributed by atoms with van der Waals surface area (Å²) >= 11 is 1.63. The zero-order valence-electron chi connectivity index (χ0n) is 21.2. The minimum absolute atomic E-state index is 0.0214. The summed E-state index contributed by atoms with van der Waals surface area (Å²) in [5, 5.41) is 9.30. The summed E-state index contributed by atoms with van der Waals surface area (Å²) < 4.78 is 4.74. The number of benzene rings is 1. The average Bonchev–Trinajstić information content (AvgIpc) is 3.50. The number of thioether (sulfide) groups is 1. The van der Waals surface area contributed by atoms with Gasteiger partial charge in [0.25, 0.3) is 5.91 Å². The highest BCUT2D eigenvalue weighted by Crippen LogP contribution is 2.66. The predicted molar refractivity (Wildman–Crippen MR) is 142 cm³/mol. The molecule has 1 N–H and O–H groups in total. The van der Waals surface area contributed by atoms with Gasteiger partial charge >= 0.3 is 5.97 Å². The first-order valence-electron chi connectivity index (χ1n) is 12.7. The van der Waals surface area contributed by atoms with Crippen LogP contribution in [-0.4, -0.2) is 70.1 Å². The number of hydrogen-bond donors (Lipinski definition) is 1. The maximum absolute atomic E-state index is 14.5. The Labute approximate surface area is 217 Å². The summed E-state index contributed by atoms with van der Waals surface area (Å²) in [4.78, 5) is 44.9. The third-order valence-corrected chi connectivity index (χ3v) is 9.64. The van der Waals surface area contributed by atoms with Crippen molar-refractivity contribution in [3.63, 3.8) is 0 Å². The highest BCUT2D eigenvalue weighted by atomic mass is 32.2. The molecule has 5 atom stereocenters. The number of aryl methyl sites for hydroxylation is 2. The summed E-state index contributed by atoms with van der Waals surface area (Å²) in [6, 6.07) is 5.31. The number of esters is 1. The Morgan fingerprint density at radius 1 is 1.28 bits per heavy atom. The molecule has 1 aromatic carbocycles. The van der Waals surface area contributed by atoms with E-state index in [2.05, 4.69) is 13.2 Å². The van der Waals surface area contributed by atoms with Crippen LogP contribution in [0.15, 0.2) is 43.5 Å². The van der Waals surface area contributed by atoms with Gasteiger partial charge in [0.2, 0.25) is 5.91 Å². The van der Waals surface area contributed by atoms with Crippen LogP contribution < -0.4 is 4.90 Å². The maximum Gasteiger partial charge on any atom is 0.311 e. The van der Waals surface area contributed by atoms with Crippen molar-refractivity contribution in [1.29, 1.82) is 0 Å². The Bertz CT molecular complexity index is 1060. The van der Waals surface area contributed by atoms with Crippen LogP contribution in [-0.2, 0) is 19.1 Å². The summed E-state index contributed by atoms with van der Waals surface area (Å²) in [7, 11) is 0. The molecule has 3 aliphatic rings. The molecule has 7 nitrogen and oxygen atoms in total. The number of aliphatic hydroxyl groups excluding tert-OH is 1. The lowest BCUT2D eigenvalue weighted by atomic mass is 9.71. The monoisotopic (exact) mass is 512 g/mol. The summed E-state index contributed by atoms with van der Waals surface area (Å²) in [5.74, 6) is -1.83. The topological polar surface area (TPSA) is 87.1 Å². The molecule has 0 radical (unpaired) electrons. The van der Waals surface area contributed by atoms with Gasteiger partial charge in [0, 0.05) is 30.6 Å². The van der Waals surface area contributed by atoms with Crippen molar-refractivity contribution in [1.82, 2.24) is 4.90 Å². The minimum Gasteiger partial charge on any atom is -0.461 e. The molecule has 1 spiro atoms. The van der Waals surface area contributed by atoms with Gasteiger partial charge in [-0.25, -0.2) is 0 Å². The first-order valence-corrected chi connectivity index (χ1v) is 13.5. The molecule has 0 saturated carbocycles. The lowest BCUT2D eigenvalue weighted by Gasteiger charge is -2.37. The summed E-state index contributed by atoms with van der Waals surface area (Å²) in [5.41, 5.74) is 2.81. The van der Waals surface area contributed by atoms with Gasteiger partial charge in [0.1, 0.15) is 12.6 Å². The molecule has 0 aliphatic carbocycles. The Balaban J connectivity index is 1.76. The Kier molecular flexibility index (Phi) is 7.95. The van der Waals surface area contributed by atoms with E-state index >= 15 is 0 Å². The SMILES string of the molecule is C=CCOC(=O)[C@@H]1[C@H]2C(=O)N(CCCCO)C(C(=O)N(CC=C)c3cc(C)ccc3C)C23CC[C@H]1S3. The number of hydrogen-bond acceptors (Lipinski definition) is 6. The van der Waals surface area contributed by atoms with E-state index in [0.717, 1.165) is 23.2 Å². The molecule has 3 heterocycles. The number of likely N-dealkylation sites (tertiary alicyclic amines) is 1. The first-order chi connectivity index (χ1) is 17.3. The normalized spacial score (nSPS) is 28.2. The van der Waals surface area contributed by atoms with Crippen molar-refractivity contribution in [2.75, 3.05) is 31.2 Å². The van der Waals surface area contributed by atoms with Crippen LogP contribution in [0.2, 0.25) is 0 Å². The largest absolute Gasteiger partial charge is 0.461 e. The van der Waals surface area contributed by atoms with Crippen molar-refractivity contribution < 1.29 is 24.2 Å². The molecule has 4 rings (SSSR count). The standard InChI is InChI=1S/C28H36N2O5S/c1-5-13-29(20-17-18(3)9-10-19(20)4)26(33)24-28-12-11-21(36-28)22(27(34)35-16-6-2)23(28)25(32)30(24)14-7-8-15-31/h5-6,9-10,17,21-24,31H,1-2,7-8,11-16H2,3-4H3/t21-,22+,23+,24?,28?/m1/s1. The average molecular weight is 513 g/mol. The van der Waals surface area contributed by atoms with E-state index in [1.54, 1.807) is 27.6 Å². The lowest BCUT2D eigenvalue weighted by Crippen LogP contribution is -2.55. The Morgan fingerprint density at radius 2 is 2.06 bits per heavy atom. The van der Waals surface area contributed by atoms with Gasteiger partial charge in [-0.05, 0) is 56.7 Å². The van der Waals surface area contributed by atoms with Crippen LogP contribution in [0.1, 0.15) is 36.8 Å². The third-order valence-electron chi connectivity index (χ3n) is 7.69. The van der Waals surface area contributed by atoms with Crippen molar-refractivity contribution in [3.8, 4) is 0 Å². The number of amides is 2. The molecule has 3 saturated heterocycles. The van der Waals surface area contributed by atoms with Crippen molar-refractivity contribution in [3.05, 3.63) is 54.6 Å². The highest BCUT2D eigenvalue weighted by molar-refractivity contribution is 8.02. The molecule has 3 fully saturated rings. The van der Waals surface area contributed by atoms with E-state index in [-0.39, 0.29) is 36.2 Å². The molecule has 2 bridgehead atoms. The number of carbonyl (C=O) groups excluding carboxylic acids is 3. The van der Waals surface area contributed by atoms with E-state index in [9.17, 15) is 19.5 Å². The molecule has 2 unspecified atom stereocenters. The Hall–Kier alpha value is -2.58. The van der Waals surface area contributed by atoms with Gasteiger partial charge in [-0.1, -0.05) is 30.9 Å². The number of rotatable bonds is 11. The predicted octanol–water partition coefficient (Wildman–Crippen LogP) is 3.42. The van der Waals surface area contributed by atoms with Gasteiger partial charge in [0.15, 0.2) is 0 Å². The second-order valence-electron chi connectivity index (χ2n) is 9.96. The van der Waals surface area contributed by atoms with Crippen LogP contribution in [0.25, 0.3) is 0 Å². The molecule has 1 aromatic rings. The third kappa shape index (κ3) is 4.39. The smallest absolute Gasteiger partial charge is 0.311 e. The van der Waals surface area contributed by atoms with Crippen LogP contribution in [0, 0.1) is 25.7 Å². The van der Waals surface area contributed by atoms with Crippen LogP contribution >= 0.6 is 11.8 Å². The zero-order chi connectivity index (χ0) is 26.0. The molecule has 36 heavy (non-hydrogen) atoms. The summed E-state index contributed by atoms with van der Waals surface area (Å²) in [6.45, 7) is 12.3. The van der Waals surface area contributed by atoms with Crippen LogP contribution in [0.3, 0.4) is 0 Å². The lowest BCUT2D eigenvalue weighted by molar-refractivity contribution is -0.153. The minimum atomic E-state index is -0.694. The van der Waals surface area contributed by atoms with E-state index < -0.39 is 22.6 Å². The number of ether oxygens (including phenoxy) is 1. The fraction of sp³-hybridized carbons (Fsp3) is 0.536. The Morgan fingerprint density at radius 3 is 2.75 bits per heavy atom. The van der Waals surface area contributed by atoms with Gasteiger partial charge in [0.05, 0.1) is 16.6 Å². The van der Waals surface area contributed by atoms with Gasteiger partial charge in [-0.3, -0.25) is 14.4 Å². The molecule has 3 aliphatic heterocycles. The number of carbonyl (C=O) groups is 3. The van der Waals surface area contributed by atoms with Crippen molar-refractivity contribution in [2.45, 2.75) is 55.6 Å². The first kappa shape index (κ1) is 26.5. The molecule has 2 amide bonds. The van der Waals surface area contributed by atoms with Crippen LogP contribution in [0.4, 0.5) is 5.69 Å². The number of nitrogens with zero attached hydrogens (tertiary/aromatic N) is 2. The van der Waals surface area contributed by atoms with Crippen molar-refractivity contribution in [2.24, 2.45) is 11.8 Å². The van der Waals surface area contributed by atoms with E-state index in [4.69, 9.17) is 4.74 Å². The van der Waals surface area contributed by atoms with Crippen molar-refractivity contribution >= 4 is 35.2 Å². The number of aliphatic hydroxyl groups is 1.